The molecule has 0 unspecified atom stereocenters. The van der Waals surface area contributed by atoms with E-state index in [1.807, 2.05) is 0 Å². The highest BCUT2D eigenvalue weighted by molar-refractivity contribution is 7.95. The van der Waals surface area contributed by atoms with E-state index >= 15 is 0 Å². The molecule has 1 aromatic carbocycles. The molecule has 0 bridgehead atoms. The maximum absolute atomic E-state index is 13.5. The van der Waals surface area contributed by atoms with Gasteiger partial charge in [-0.15, -0.1) is 0 Å². The lowest BCUT2D eigenvalue weighted by molar-refractivity contribution is -0.138. The van der Waals surface area contributed by atoms with Crippen molar-refractivity contribution in [1.82, 2.24) is 14.1 Å². The highest BCUT2D eigenvalue weighted by atomic mass is 32.2. The SMILES string of the molecule is C=C(C)S(=O)(=O)c1cc(C(F)(F)F)cc(S(=O)(=O)N(C)[C@@H]2CCCc3c2cnn3CCC(=O)O)c1. The van der Waals surface area contributed by atoms with Crippen LogP contribution in [0.25, 0.3) is 0 Å². The average Bonchev–Trinajstić information content (AvgIpc) is 3.19. The van der Waals surface area contributed by atoms with Crippen LogP contribution in [0.4, 0.5) is 13.2 Å². The number of hydrogen-bond acceptors (Lipinski definition) is 6. The van der Waals surface area contributed by atoms with Crippen LogP contribution < -0.4 is 0 Å². The molecular formula is C21H24F3N3O6S2. The Morgan fingerprint density at radius 3 is 2.43 bits per heavy atom. The molecule has 1 N–H and O–H groups in total. The van der Waals surface area contributed by atoms with E-state index in [1.165, 1.54) is 17.9 Å². The summed E-state index contributed by atoms with van der Waals surface area (Å²) >= 11 is 0. The zero-order valence-corrected chi connectivity index (χ0v) is 20.5. The van der Waals surface area contributed by atoms with Gasteiger partial charge >= 0.3 is 12.1 Å². The van der Waals surface area contributed by atoms with Crippen LogP contribution in [0.15, 0.2) is 45.7 Å². The van der Waals surface area contributed by atoms with E-state index in [2.05, 4.69) is 11.7 Å². The van der Waals surface area contributed by atoms with Crippen LogP contribution in [0.2, 0.25) is 0 Å². The maximum atomic E-state index is 13.5. The average molecular weight is 536 g/mol. The van der Waals surface area contributed by atoms with Gasteiger partial charge in [-0.3, -0.25) is 9.48 Å². The molecule has 192 valence electrons. The first-order valence-corrected chi connectivity index (χ1v) is 13.4. The normalized spacial score (nSPS) is 16.8. The molecular weight excluding hydrogens is 511 g/mol. The highest BCUT2D eigenvalue weighted by Gasteiger charge is 2.38. The van der Waals surface area contributed by atoms with Crippen LogP contribution >= 0.6 is 0 Å². The second-order valence-electron chi connectivity index (χ2n) is 8.24. The summed E-state index contributed by atoms with van der Waals surface area (Å²) in [6.07, 6.45) is -2.33. The number of benzene rings is 1. The van der Waals surface area contributed by atoms with Crippen molar-refractivity contribution >= 4 is 25.8 Å². The van der Waals surface area contributed by atoms with Crippen molar-refractivity contribution in [1.29, 1.82) is 0 Å². The van der Waals surface area contributed by atoms with E-state index in [4.69, 9.17) is 5.11 Å². The fraction of sp³-hybridized carbons (Fsp3) is 0.429. The van der Waals surface area contributed by atoms with Gasteiger partial charge in [-0.1, -0.05) is 6.58 Å². The van der Waals surface area contributed by atoms with Gasteiger partial charge in [0, 0.05) is 23.2 Å². The zero-order chi connectivity index (χ0) is 26.3. The van der Waals surface area contributed by atoms with Crippen molar-refractivity contribution in [2.24, 2.45) is 0 Å². The van der Waals surface area contributed by atoms with Gasteiger partial charge in [0.15, 0.2) is 0 Å². The number of alkyl halides is 3. The molecule has 0 aliphatic heterocycles. The predicted octanol–water partition coefficient (Wildman–Crippen LogP) is 3.38. The Bertz CT molecular complexity index is 1380. The molecule has 0 fully saturated rings. The highest BCUT2D eigenvalue weighted by Crippen LogP contribution is 2.39. The smallest absolute Gasteiger partial charge is 0.416 e. The zero-order valence-electron chi connectivity index (χ0n) is 18.9. The molecule has 1 aliphatic carbocycles. The number of nitrogens with zero attached hydrogens (tertiary/aromatic N) is 3. The quantitative estimate of drug-likeness (QED) is 0.549. The van der Waals surface area contributed by atoms with Gasteiger partial charge in [-0.05, 0) is 44.4 Å². The number of carboxylic acid groups (broad SMARTS) is 1. The lowest BCUT2D eigenvalue weighted by Crippen LogP contribution is -2.33. The summed E-state index contributed by atoms with van der Waals surface area (Å²) in [5.41, 5.74) is -0.244. The lowest BCUT2D eigenvalue weighted by atomic mass is 9.93. The van der Waals surface area contributed by atoms with E-state index in [-0.39, 0.29) is 13.0 Å². The molecule has 14 heteroatoms. The maximum Gasteiger partial charge on any atom is 0.416 e. The van der Waals surface area contributed by atoms with Gasteiger partial charge in [0.25, 0.3) is 0 Å². The molecule has 35 heavy (non-hydrogen) atoms. The van der Waals surface area contributed by atoms with Crippen LogP contribution in [-0.2, 0) is 43.8 Å². The Morgan fingerprint density at radius 2 is 1.86 bits per heavy atom. The second-order valence-corrected chi connectivity index (χ2v) is 12.4. The Balaban J connectivity index is 2.08. The molecule has 3 rings (SSSR count). The van der Waals surface area contributed by atoms with Gasteiger partial charge < -0.3 is 5.11 Å². The van der Waals surface area contributed by atoms with Crippen molar-refractivity contribution in [2.75, 3.05) is 7.05 Å². The van der Waals surface area contributed by atoms with Crippen LogP contribution in [0, 0.1) is 0 Å². The number of carboxylic acids is 1. The summed E-state index contributed by atoms with van der Waals surface area (Å²) in [6, 6.07) is 0.709. The van der Waals surface area contributed by atoms with Gasteiger partial charge in [0.2, 0.25) is 19.9 Å². The van der Waals surface area contributed by atoms with Crippen LogP contribution in [0.1, 0.15) is 49.0 Å². The number of sulfone groups is 1. The van der Waals surface area contributed by atoms with E-state index < -0.39 is 58.3 Å². The summed E-state index contributed by atoms with van der Waals surface area (Å²) in [5, 5.41) is 13.1. The second kappa shape index (κ2) is 9.39. The summed E-state index contributed by atoms with van der Waals surface area (Å²) in [4.78, 5) is 8.83. The minimum atomic E-state index is -4.99. The number of carbonyl (C=O) groups is 1. The van der Waals surface area contributed by atoms with Gasteiger partial charge in [-0.2, -0.15) is 22.6 Å². The number of fused-ring (bicyclic) bond motifs is 1. The first-order valence-electron chi connectivity index (χ1n) is 10.4. The molecule has 2 aromatic rings. The Labute approximate surface area is 200 Å². The number of aryl methyl sites for hydroxylation is 1. The Hall–Kier alpha value is -2.71. The lowest BCUT2D eigenvalue weighted by Gasteiger charge is -2.31. The molecule has 0 saturated heterocycles. The van der Waals surface area contributed by atoms with Crippen molar-refractivity contribution < 1.29 is 39.9 Å². The van der Waals surface area contributed by atoms with Gasteiger partial charge in [0.05, 0.1) is 40.6 Å². The molecule has 1 atom stereocenters. The first kappa shape index (κ1) is 26.9. The summed E-state index contributed by atoms with van der Waals surface area (Å²) in [6.45, 7) is 4.46. The third-order valence-electron chi connectivity index (χ3n) is 5.86. The monoisotopic (exact) mass is 535 g/mol. The molecule has 9 nitrogen and oxygen atoms in total. The third-order valence-corrected chi connectivity index (χ3v) is 9.48. The number of allylic oxidation sites excluding steroid dienone is 1. The van der Waals surface area contributed by atoms with E-state index in [9.17, 15) is 34.8 Å². The van der Waals surface area contributed by atoms with Crippen molar-refractivity contribution in [3.63, 3.8) is 0 Å². The first-order chi connectivity index (χ1) is 16.1. The number of sulfonamides is 1. The van der Waals surface area contributed by atoms with Crippen molar-refractivity contribution in [2.45, 2.75) is 61.2 Å². The van der Waals surface area contributed by atoms with E-state index in [0.717, 1.165) is 11.2 Å². The standard InChI is InChI=1S/C21H24F3N3O6S2/c1-13(2)34(30,31)15-9-14(21(22,23)24)10-16(11-15)35(32,33)26(3)18-5-4-6-19-17(18)12-25-27(19)8-7-20(28)29/h9-12,18H,1,4-8H2,2-3H3,(H,28,29)/t18-/m1/s1. The van der Waals surface area contributed by atoms with Crippen molar-refractivity contribution in [3.8, 4) is 0 Å². The predicted molar refractivity (Wildman–Crippen MR) is 119 cm³/mol. The number of hydrogen-bond donors (Lipinski definition) is 1. The Morgan fingerprint density at radius 1 is 1.23 bits per heavy atom. The Kier molecular flexibility index (Phi) is 7.21. The topological polar surface area (TPSA) is 127 Å². The summed E-state index contributed by atoms with van der Waals surface area (Å²) < 4.78 is 94.9. The largest absolute Gasteiger partial charge is 0.481 e. The molecule has 1 aliphatic rings. The molecule has 0 spiro atoms. The number of aliphatic carboxylic acids is 1. The number of halogens is 3. The third kappa shape index (κ3) is 5.28. The van der Waals surface area contributed by atoms with Crippen LogP contribution in [0.5, 0.6) is 0 Å². The van der Waals surface area contributed by atoms with Crippen molar-refractivity contribution in [3.05, 3.63) is 52.7 Å². The summed E-state index contributed by atoms with van der Waals surface area (Å²) in [5.74, 6) is -1.02. The van der Waals surface area contributed by atoms with Gasteiger partial charge in [-0.25, -0.2) is 16.8 Å². The number of aromatic nitrogens is 2. The molecule has 0 saturated carbocycles. The molecule has 1 aromatic heterocycles. The van der Waals surface area contributed by atoms with E-state index in [0.29, 0.717) is 48.7 Å². The van der Waals surface area contributed by atoms with Crippen LogP contribution in [-0.4, -0.2) is 49.0 Å². The van der Waals surface area contributed by atoms with Crippen LogP contribution in [0.3, 0.4) is 0 Å². The van der Waals surface area contributed by atoms with E-state index in [1.54, 1.807) is 0 Å². The fourth-order valence-electron chi connectivity index (χ4n) is 3.94. The summed E-state index contributed by atoms with van der Waals surface area (Å²) in [7, 11) is -7.77. The minimum Gasteiger partial charge on any atom is -0.481 e. The molecule has 0 radical (unpaired) electrons. The molecule has 0 amide bonds. The van der Waals surface area contributed by atoms with Gasteiger partial charge in [0.1, 0.15) is 0 Å². The fourth-order valence-corrected chi connectivity index (χ4v) is 6.42. The molecule has 1 heterocycles. The minimum absolute atomic E-state index is 0.0869. The number of rotatable bonds is 8.